The van der Waals surface area contributed by atoms with E-state index < -0.39 is 32.0 Å². The third-order valence-electron chi connectivity index (χ3n) is 8.04. The summed E-state index contributed by atoms with van der Waals surface area (Å²) in [5.74, 6) is 6.49. The first-order chi connectivity index (χ1) is 20.1. The number of fused-ring (bicyclic) bond motifs is 1. The molecule has 1 unspecified atom stereocenters. The zero-order valence-electron chi connectivity index (χ0n) is 23.8. The molecule has 2 atom stereocenters. The van der Waals surface area contributed by atoms with Crippen molar-refractivity contribution >= 4 is 45.2 Å². The lowest BCUT2D eigenvalue weighted by Gasteiger charge is -2.33. The maximum atomic E-state index is 14.7. The fraction of sp³-hybridized carbons (Fsp3) is 0.484. The van der Waals surface area contributed by atoms with Gasteiger partial charge in [0.05, 0.1) is 47.1 Å². The average Bonchev–Trinajstić information content (AvgIpc) is 3.29. The largest absolute Gasteiger partial charge is 0.495 e. The summed E-state index contributed by atoms with van der Waals surface area (Å²) in [7, 11) is 1.01. The molecule has 0 aliphatic carbocycles. The maximum Gasteiger partial charge on any atom is 0.393 e. The summed E-state index contributed by atoms with van der Waals surface area (Å²) in [5.41, 5.74) is 1.44. The van der Waals surface area contributed by atoms with Gasteiger partial charge in [0.2, 0.25) is 0 Å². The van der Waals surface area contributed by atoms with Gasteiger partial charge in [0.1, 0.15) is 19.1 Å². The molecule has 226 valence electrons. The van der Waals surface area contributed by atoms with E-state index in [-0.39, 0.29) is 12.1 Å². The molecule has 5 rings (SSSR count). The Balaban J connectivity index is 1.37. The first-order valence-corrected chi connectivity index (χ1v) is 17.2. The summed E-state index contributed by atoms with van der Waals surface area (Å²) >= 11 is 1.20. The molecular formula is C31H36F4N3O2PS. The van der Waals surface area contributed by atoms with E-state index >= 15 is 0 Å². The molecule has 0 amide bonds. The normalized spacial score (nSPS) is 21.0. The van der Waals surface area contributed by atoms with Gasteiger partial charge >= 0.3 is 6.18 Å². The predicted octanol–water partition coefficient (Wildman–Crippen LogP) is 7.10. The van der Waals surface area contributed by atoms with Crippen LogP contribution >= 0.6 is 18.5 Å². The van der Waals surface area contributed by atoms with Crippen molar-refractivity contribution in [2.45, 2.75) is 50.5 Å². The topological polar surface area (TPSA) is 53.6 Å². The molecule has 5 nitrogen and oxygen atoms in total. The summed E-state index contributed by atoms with van der Waals surface area (Å²) in [5, 5.41) is 7.76. The van der Waals surface area contributed by atoms with Crippen molar-refractivity contribution in [3.63, 3.8) is 0 Å². The monoisotopic (exact) mass is 621 g/mol. The number of thiophene rings is 1. The molecule has 0 spiro atoms. The molecule has 2 aliphatic heterocycles. The number of nitrogens with one attached hydrogen (secondary N) is 2. The van der Waals surface area contributed by atoms with Gasteiger partial charge in [0.25, 0.3) is 0 Å². The van der Waals surface area contributed by atoms with Crippen LogP contribution in [-0.4, -0.2) is 69.4 Å². The summed E-state index contributed by atoms with van der Waals surface area (Å²) in [6, 6.07) is 10.3. The number of benzene rings is 2. The highest BCUT2D eigenvalue weighted by Gasteiger charge is 2.32. The molecular weight excluding hydrogens is 585 g/mol. The maximum absolute atomic E-state index is 14.7. The van der Waals surface area contributed by atoms with Gasteiger partial charge in [0, 0.05) is 30.7 Å². The van der Waals surface area contributed by atoms with Crippen LogP contribution in [-0.2, 0) is 11.0 Å². The van der Waals surface area contributed by atoms with E-state index in [0.717, 1.165) is 31.1 Å². The van der Waals surface area contributed by atoms with Crippen molar-refractivity contribution in [3.05, 3.63) is 46.8 Å². The van der Waals surface area contributed by atoms with Crippen LogP contribution in [0.15, 0.2) is 36.4 Å². The lowest BCUT2D eigenvalue weighted by molar-refractivity contribution is -0.126. The lowest BCUT2D eigenvalue weighted by Crippen LogP contribution is -2.46. The second-order valence-corrected chi connectivity index (χ2v) is 15.3. The van der Waals surface area contributed by atoms with Gasteiger partial charge in [-0.05, 0) is 61.5 Å². The van der Waals surface area contributed by atoms with Crippen LogP contribution in [0.1, 0.15) is 36.1 Å². The molecule has 2 saturated heterocycles. The van der Waals surface area contributed by atoms with Gasteiger partial charge in [-0.1, -0.05) is 30.4 Å². The number of hydrogen-bond acceptors (Lipinski definition) is 6. The van der Waals surface area contributed by atoms with Crippen LogP contribution in [0.5, 0.6) is 5.75 Å². The van der Waals surface area contributed by atoms with E-state index in [1.807, 2.05) is 30.1 Å². The van der Waals surface area contributed by atoms with Crippen molar-refractivity contribution in [1.82, 2.24) is 4.90 Å². The zero-order chi connectivity index (χ0) is 29.9. The number of nitrogens with zero attached hydrogens (tertiary/aromatic N) is 1. The van der Waals surface area contributed by atoms with Gasteiger partial charge < -0.3 is 24.8 Å². The Hall–Kier alpha value is -2.73. The molecule has 2 N–H and O–H groups in total. The summed E-state index contributed by atoms with van der Waals surface area (Å²) in [4.78, 5) is 2.27. The second kappa shape index (κ2) is 12.9. The van der Waals surface area contributed by atoms with Gasteiger partial charge in [-0.25, -0.2) is 4.39 Å². The molecule has 3 aromatic rings. The molecule has 2 fully saturated rings. The summed E-state index contributed by atoms with van der Waals surface area (Å²) in [6.07, 6.45) is -1.49. The standard InChI is InChI=1S/C31H36F4N3O2PS/c1-38-15-13-25(24(32)20-38)37-27-9-6-8-22-23(19-31(33,34)35)29(42-30(22)27)10-7-14-36-26-12-11-21(18-28(26)40-2)41(39)16-4-3-5-17-41/h6,8-9,11-12,18,24-25,36-37H,3-5,13-17,19-20H2,1-2H3/t24-,25?/m0/s1. The van der Waals surface area contributed by atoms with Crippen molar-refractivity contribution in [3.8, 4) is 17.6 Å². The Bertz CT molecular complexity index is 1520. The molecule has 1 aromatic heterocycles. The highest BCUT2D eigenvalue weighted by atomic mass is 32.1. The number of ether oxygens (including phenoxy) is 1. The Kier molecular flexibility index (Phi) is 9.41. The zero-order valence-corrected chi connectivity index (χ0v) is 25.5. The minimum Gasteiger partial charge on any atom is -0.495 e. The SMILES string of the molecule is COc1cc(P2(=O)CCCCC2)ccc1NCC#Cc1sc2c(NC3CCN(C)C[C@@H]3F)cccc2c1CC(F)(F)F. The number of rotatable bonds is 7. The van der Waals surface area contributed by atoms with E-state index in [4.69, 9.17) is 4.74 Å². The van der Waals surface area contributed by atoms with Crippen LogP contribution in [0.4, 0.5) is 28.9 Å². The second-order valence-electron chi connectivity index (χ2n) is 11.1. The fourth-order valence-corrected chi connectivity index (χ4v) is 9.88. The number of methoxy groups -OCH3 is 1. The van der Waals surface area contributed by atoms with Crippen LogP contribution in [0, 0.1) is 11.8 Å². The smallest absolute Gasteiger partial charge is 0.393 e. The highest BCUT2D eigenvalue weighted by Crippen LogP contribution is 2.50. The van der Waals surface area contributed by atoms with Gasteiger partial charge in [-0.15, -0.1) is 11.3 Å². The minimum atomic E-state index is -4.40. The van der Waals surface area contributed by atoms with E-state index in [9.17, 15) is 22.1 Å². The third kappa shape index (κ3) is 7.07. The van der Waals surface area contributed by atoms with Crippen LogP contribution in [0.2, 0.25) is 0 Å². The van der Waals surface area contributed by atoms with Crippen molar-refractivity contribution in [1.29, 1.82) is 0 Å². The fourth-order valence-electron chi connectivity index (χ4n) is 5.80. The van der Waals surface area contributed by atoms with Gasteiger partial charge in [0.15, 0.2) is 0 Å². The van der Waals surface area contributed by atoms with Crippen molar-refractivity contribution in [2.75, 3.05) is 56.7 Å². The number of anilines is 2. The van der Waals surface area contributed by atoms with Crippen LogP contribution in [0.3, 0.4) is 0 Å². The molecule has 42 heavy (non-hydrogen) atoms. The number of piperidine rings is 1. The van der Waals surface area contributed by atoms with Crippen molar-refractivity contribution < 1.29 is 26.9 Å². The Morgan fingerprint density at radius 1 is 1.14 bits per heavy atom. The molecule has 11 heteroatoms. The number of hydrogen-bond donors (Lipinski definition) is 2. The van der Waals surface area contributed by atoms with Gasteiger partial charge in [-0.3, -0.25) is 0 Å². The van der Waals surface area contributed by atoms with Gasteiger partial charge in [-0.2, -0.15) is 13.2 Å². The number of likely N-dealkylation sites (tertiary alicyclic amines) is 1. The first kappa shape index (κ1) is 30.7. The van der Waals surface area contributed by atoms with E-state index in [1.54, 1.807) is 25.3 Å². The Morgan fingerprint density at radius 2 is 1.93 bits per heavy atom. The lowest BCUT2D eigenvalue weighted by atomic mass is 10.0. The Morgan fingerprint density at radius 3 is 2.64 bits per heavy atom. The molecule has 0 saturated carbocycles. The van der Waals surface area contributed by atoms with E-state index in [1.165, 1.54) is 11.3 Å². The van der Waals surface area contributed by atoms with E-state index in [0.29, 0.717) is 57.4 Å². The molecule has 2 aromatic carbocycles. The first-order valence-electron chi connectivity index (χ1n) is 14.3. The van der Waals surface area contributed by atoms with Crippen molar-refractivity contribution in [2.24, 2.45) is 0 Å². The Labute approximate surface area is 248 Å². The summed E-state index contributed by atoms with van der Waals surface area (Å²) < 4.78 is 75.2. The summed E-state index contributed by atoms with van der Waals surface area (Å²) in [6.45, 7) is 1.24. The highest BCUT2D eigenvalue weighted by molar-refractivity contribution is 7.71. The average molecular weight is 622 g/mol. The predicted molar refractivity (Wildman–Crippen MR) is 165 cm³/mol. The molecule has 0 bridgehead atoms. The quantitative estimate of drug-likeness (QED) is 0.168. The van der Waals surface area contributed by atoms with E-state index in [2.05, 4.69) is 22.5 Å². The molecule has 0 radical (unpaired) electrons. The minimum absolute atomic E-state index is 0.137. The number of halogens is 4. The molecule has 2 aliphatic rings. The third-order valence-corrected chi connectivity index (χ3v) is 12.5. The molecule has 3 heterocycles. The van der Waals surface area contributed by atoms with Crippen LogP contribution in [0.25, 0.3) is 10.1 Å². The number of alkyl halides is 4. The van der Waals surface area contributed by atoms with Crippen LogP contribution < -0.4 is 20.7 Å².